The molecule has 13 heavy (non-hydrogen) atoms. The van der Waals surface area contributed by atoms with E-state index in [-0.39, 0.29) is 6.61 Å². The molecule has 0 bridgehead atoms. The van der Waals surface area contributed by atoms with Crippen LogP contribution in [0, 0.1) is 0 Å². The lowest BCUT2D eigenvalue weighted by molar-refractivity contribution is 0.0727. The molecule has 0 radical (unpaired) electrons. The van der Waals surface area contributed by atoms with Crippen LogP contribution in [0.15, 0.2) is 0 Å². The smallest absolute Gasteiger partial charge is 0.0861 e. The van der Waals surface area contributed by atoms with Gasteiger partial charge in [-0.3, -0.25) is 0 Å². The van der Waals surface area contributed by atoms with Crippen LogP contribution >= 0.6 is 11.8 Å². The Bertz CT molecular complexity index is 146. The molecule has 1 fully saturated rings. The van der Waals surface area contributed by atoms with Crippen molar-refractivity contribution in [3.05, 3.63) is 0 Å². The van der Waals surface area contributed by atoms with Gasteiger partial charge in [0.15, 0.2) is 0 Å². The van der Waals surface area contributed by atoms with Crippen LogP contribution < -0.4 is 0 Å². The van der Waals surface area contributed by atoms with Crippen molar-refractivity contribution in [1.82, 2.24) is 0 Å². The van der Waals surface area contributed by atoms with Crippen LogP contribution in [0.2, 0.25) is 0 Å². The van der Waals surface area contributed by atoms with E-state index in [1.807, 2.05) is 0 Å². The number of aliphatic hydroxyl groups is 3. The number of rotatable bonds is 5. The first-order chi connectivity index (χ1) is 6.16. The highest BCUT2D eigenvalue weighted by Crippen LogP contribution is 2.32. The molecule has 1 rings (SSSR count). The first-order valence-electron chi connectivity index (χ1n) is 4.75. The molecular weight excluding hydrogens is 188 g/mol. The van der Waals surface area contributed by atoms with E-state index >= 15 is 0 Å². The van der Waals surface area contributed by atoms with Crippen LogP contribution in [0.1, 0.15) is 25.7 Å². The highest BCUT2D eigenvalue weighted by Gasteiger charge is 2.30. The van der Waals surface area contributed by atoms with Crippen LogP contribution in [0.5, 0.6) is 0 Å². The molecule has 0 aromatic rings. The summed E-state index contributed by atoms with van der Waals surface area (Å²) >= 11 is 1.52. The van der Waals surface area contributed by atoms with Gasteiger partial charge in [0.05, 0.1) is 18.3 Å². The first kappa shape index (κ1) is 11.3. The molecular formula is C9H18O3S. The molecule has 0 aliphatic heterocycles. The minimum absolute atomic E-state index is 0.189. The third-order valence-electron chi connectivity index (χ3n) is 2.43. The molecule has 1 saturated carbocycles. The molecule has 1 aliphatic rings. The topological polar surface area (TPSA) is 60.7 Å². The van der Waals surface area contributed by atoms with Crippen LogP contribution in [-0.2, 0) is 0 Å². The number of thioether (sulfide) groups is 1. The van der Waals surface area contributed by atoms with E-state index in [0.717, 1.165) is 25.7 Å². The monoisotopic (exact) mass is 206 g/mol. The molecule has 1 aliphatic carbocycles. The number of hydrogen-bond acceptors (Lipinski definition) is 4. The normalized spacial score (nSPS) is 23.3. The zero-order valence-electron chi connectivity index (χ0n) is 7.78. The van der Waals surface area contributed by atoms with Gasteiger partial charge in [0.25, 0.3) is 0 Å². The summed E-state index contributed by atoms with van der Waals surface area (Å²) in [5.74, 6) is 1.20. The van der Waals surface area contributed by atoms with Gasteiger partial charge in [-0.1, -0.05) is 12.8 Å². The van der Waals surface area contributed by atoms with Gasteiger partial charge in [-0.25, -0.2) is 0 Å². The van der Waals surface area contributed by atoms with Gasteiger partial charge in [0.2, 0.25) is 0 Å². The highest BCUT2D eigenvalue weighted by atomic mass is 32.2. The van der Waals surface area contributed by atoms with Crippen LogP contribution in [0.4, 0.5) is 0 Å². The summed E-state index contributed by atoms with van der Waals surface area (Å²) < 4.78 is 0. The molecule has 0 amide bonds. The predicted octanol–water partition coefficient (Wildman–Crippen LogP) is 0.378. The predicted molar refractivity (Wildman–Crippen MR) is 53.8 cm³/mol. The standard InChI is InChI=1S/C9H18O3S/c10-5-8(11)6-13-7-9(12)3-1-2-4-9/h8,10-12H,1-7H2. The maximum atomic E-state index is 9.91. The summed E-state index contributed by atoms with van der Waals surface area (Å²) in [5.41, 5.74) is -0.500. The summed E-state index contributed by atoms with van der Waals surface area (Å²) in [5, 5.41) is 27.5. The molecule has 0 aromatic heterocycles. The second-order valence-corrected chi connectivity index (χ2v) is 4.81. The molecule has 0 heterocycles. The fourth-order valence-corrected chi connectivity index (χ4v) is 2.78. The lowest BCUT2D eigenvalue weighted by atomic mass is 10.1. The molecule has 3 N–H and O–H groups in total. The maximum absolute atomic E-state index is 9.91. The highest BCUT2D eigenvalue weighted by molar-refractivity contribution is 7.99. The van der Waals surface area contributed by atoms with Gasteiger partial charge in [-0.15, -0.1) is 0 Å². The van der Waals surface area contributed by atoms with Gasteiger partial charge in [0.1, 0.15) is 0 Å². The van der Waals surface area contributed by atoms with Gasteiger partial charge in [-0.05, 0) is 12.8 Å². The van der Waals surface area contributed by atoms with E-state index in [9.17, 15) is 5.11 Å². The fraction of sp³-hybridized carbons (Fsp3) is 1.00. The van der Waals surface area contributed by atoms with Crippen molar-refractivity contribution < 1.29 is 15.3 Å². The first-order valence-corrected chi connectivity index (χ1v) is 5.91. The molecule has 78 valence electrons. The summed E-state index contributed by atoms with van der Waals surface area (Å²) in [6.45, 7) is -0.189. The van der Waals surface area contributed by atoms with Crippen LogP contribution in [-0.4, -0.2) is 45.1 Å². The van der Waals surface area contributed by atoms with Gasteiger partial charge in [0, 0.05) is 11.5 Å². The molecule has 0 spiro atoms. The minimum Gasteiger partial charge on any atom is -0.394 e. The Kier molecular flexibility index (Phi) is 4.52. The summed E-state index contributed by atoms with van der Waals surface area (Å²) in [6.07, 6.45) is 3.35. The van der Waals surface area contributed by atoms with E-state index in [0.29, 0.717) is 11.5 Å². The van der Waals surface area contributed by atoms with Crippen molar-refractivity contribution in [3.8, 4) is 0 Å². The average molecular weight is 206 g/mol. The molecule has 3 nitrogen and oxygen atoms in total. The third-order valence-corrected chi connectivity index (χ3v) is 3.79. The summed E-state index contributed by atoms with van der Waals surface area (Å²) in [7, 11) is 0. The fourth-order valence-electron chi connectivity index (χ4n) is 1.62. The summed E-state index contributed by atoms with van der Waals surface area (Å²) in [6, 6.07) is 0. The molecule has 0 saturated heterocycles. The SMILES string of the molecule is OCC(O)CSCC1(O)CCCC1. The van der Waals surface area contributed by atoms with E-state index < -0.39 is 11.7 Å². The van der Waals surface area contributed by atoms with Crippen molar-refractivity contribution in [2.45, 2.75) is 37.4 Å². The van der Waals surface area contributed by atoms with Gasteiger partial charge < -0.3 is 15.3 Å². The van der Waals surface area contributed by atoms with E-state index in [2.05, 4.69) is 0 Å². The van der Waals surface area contributed by atoms with Crippen molar-refractivity contribution in [2.24, 2.45) is 0 Å². The Hall–Kier alpha value is 0.230. The largest absolute Gasteiger partial charge is 0.394 e. The molecule has 1 atom stereocenters. The average Bonchev–Trinajstić information content (AvgIpc) is 2.52. The molecule has 4 heteroatoms. The van der Waals surface area contributed by atoms with Crippen molar-refractivity contribution in [2.75, 3.05) is 18.1 Å². The Balaban J connectivity index is 2.11. The quantitative estimate of drug-likeness (QED) is 0.608. The van der Waals surface area contributed by atoms with Crippen LogP contribution in [0.3, 0.4) is 0 Å². The molecule has 0 aromatic carbocycles. The van der Waals surface area contributed by atoms with E-state index in [4.69, 9.17) is 10.2 Å². The van der Waals surface area contributed by atoms with Crippen molar-refractivity contribution >= 4 is 11.8 Å². The van der Waals surface area contributed by atoms with Crippen LogP contribution in [0.25, 0.3) is 0 Å². The van der Waals surface area contributed by atoms with Gasteiger partial charge in [-0.2, -0.15) is 11.8 Å². The second kappa shape index (κ2) is 5.20. The van der Waals surface area contributed by atoms with Crippen molar-refractivity contribution in [1.29, 1.82) is 0 Å². The van der Waals surface area contributed by atoms with E-state index in [1.54, 1.807) is 0 Å². The lowest BCUT2D eigenvalue weighted by Crippen LogP contribution is -2.28. The van der Waals surface area contributed by atoms with Crippen molar-refractivity contribution in [3.63, 3.8) is 0 Å². The van der Waals surface area contributed by atoms with Gasteiger partial charge >= 0.3 is 0 Å². The zero-order chi connectivity index (χ0) is 9.73. The zero-order valence-corrected chi connectivity index (χ0v) is 8.59. The third kappa shape index (κ3) is 3.85. The number of aliphatic hydroxyl groups excluding tert-OH is 2. The second-order valence-electron chi connectivity index (χ2n) is 3.78. The number of hydrogen-bond donors (Lipinski definition) is 3. The Labute approximate surface area is 83.2 Å². The Morgan fingerprint density at radius 3 is 2.46 bits per heavy atom. The summed E-state index contributed by atoms with van der Waals surface area (Å²) in [4.78, 5) is 0. The molecule has 1 unspecified atom stereocenters. The Morgan fingerprint density at radius 1 is 1.31 bits per heavy atom. The minimum atomic E-state index is -0.644. The van der Waals surface area contributed by atoms with E-state index in [1.165, 1.54) is 11.8 Å². The lowest BCUT2D eigenvalue weighted by Gasteiger charge is -2.21. The Morgan fingerprint density at radius 2 is 1.92 bits per heavy atom. The maximum Gasteiger partial charge on any atom is 0.0861 e.